The molecule has 0 spiro atoms. The molecule has 1 aliphatic carbocycles. The number of nitrogens with one attached hydrogen (secondary N) is 1. The van der Waals surface area contributed by atoms with Crippen molar-refractivity contribution in [3.05, 3.63) is 24.3 Å². The lowest BCUT2D eigenvalue weighted by Gasteiger charge is -2.33. The minimum absolute atomic E-state index is 0.159. The van der Waals surface area contributed by atoms with E-state index < -0.39 is 0 Å². The van der Waals surface area contributed by atoms with Crippen LogP contribution in [0.5, 0.6) is 0 Å². The summed E-state index contributed by atoms with van der Waals surface area (Å²) >= 11 is 0. The molecule has 1 amide bonds. The van der Waals surface area contributed by atoms with Crippen molar-refractivity contribution in [1.82, 2.24) is 0 Å². The van der Waals surface area contributed by atoms with Gasteiger partial charge in [0.2, 0.25) is 5.91 Å². The number of anilines is 2. The molecular weight excluding hydrogens is 300 g/mol. The van der Waals surface area contributed by atoms with Gasteiger partial charge in [0.25, 0.3) is 0 Å². The van der Waals surface area contributed by atoms with Crippen LogP contribution in [0.15, 0.2) is 24.3 Å². The summed E-state index contributed by atoms with van der Waals surface area (Å²) in [6.45, 7) is 2.02. The Morgan fingerprint density at radius 2 is 1.88 bits per heavy atom. The molecule has 1 aliphatic heterocycles. The van der Waals surface area contributed by atoms with Crippen LogP contribution in [0.1, 0.15) is 51.4 Å². The molecule has 1 N–H and O–H groups in total. The first kappa shape index (κ1) is 17.3. The van der Waals surface area contributed by atoms with E-state index in [0.717, 1.165) is 25.2 Å². The molecule has 4 nitrogen and oxygen atoms in total. The van der Waals surface area contributed by atoms with E-state index in [2.05, 4.69) is 22.3 Å². The number of nitrogens with zero attached hydrogens (tertiary/aromatic N) is 1. The van der Waals surface area contributed by atoms with Crippen molar-refractivity contribution < 1.29 is 9.53 Å². The van der Waals surface area contributed by atoms with Crippen LogP contribution in [-0.4, -0.2) is 32.2 Å². The number of carbonyl (C=O) groups is 1. The third-order valence-electron chi connectivity index (χ3n) is 5.43. The Bertz CT molecular complexity index is 523. The van der Waals surface area contributed by atoms with Gasteiger partial charge in [-0.1, -0.05) is 19.3 Å². The summed E-state index contributed by atoms with van der Waals surface area (Å²) in [5.41, 5.74) is 2.11. The Kier molecular flexibility index (Phi) is 6.13. The Hall–Kier alpha value is -1.55. The minimum atomic E-state index is 0.159. The molecule has 1 heterocycles. The van der Waals surface area contributed by atoms with Crippen LogP contribution in [0.3, 0.4) is 0 Å². The van der Waals surface area contributed by atoms with E-state index in [9.17, 15) is 4.79 Å². The molecular formula is C20H30N2O2. The number of benzene rings is 1. The molecule has 2 aliphatic rings. The summed E-state index contributed by atoms with van der Waals surface area (Å²) in [6, 6.07) is 8.25. The molecule has 1 saturated carbocycles. The average Bonchev–Trinajstić information content (AvgIpc) is 2.63. The zero-order chi connectivity index (χ0) is 16.8. The SMILES string of the molecule is COC1CCCN(c2ccc(NC(=O)CC3CCCCC3)cc2)C1. The Balaban J connectivity index is 1.51. The van der Waals surface area contributed by atoms with E-state index in [1.54, 1.807) is 7.11 Å². The van der Waals surface area contributed by atoms with Crippen LogP contribution in [0, 0.1) is 5.92 Å². The highest BCUT2D eigenvalue weighted by molar-refractivity contribution is 5.91. The third kappa shape index (κ3) is 4.73. The predicted octanol–water partition coefficient (Wildman–Crippen LogP) is 4.21. The second-order valence-corrected chi connectivity index (χ2v) is 7.25. The van der Waals surface area contributed by atoms with E-state index in [4.69, 9.17) is 4.74 Å². The zero-order valence-electron chi connectivity index (χ0n) is 14.8. The topological polar surface area (TPSA) is 41.6 Å². The number of ether oxygens (including phenoxy) is 1. The van der Waals surface area contributed by atoms with Gasteiger partial charge in [0.05, 0.1) is 6.10 Å². The fourth-order valence-electron chi connectivity index (χ4n) is 3.99. The third-order valence-corrected chi connectivity index (χ3v) is 5.43. The fraction of sp³-hybridized carbons (Fsp3) is 0.650. The number of amides is 1. The number of piperidine rings is 1. The number of rotatable bonds is 5. The number of hydrogen-bond donors (Lipinski definition) is 1. The van der Waals surface area contributed by atoms with Crippen molar-refractivity contribution in [3.63, 3.8) is 0 Å². The molecule has 4 heteroatoms. The molecule has 0 aromatic heterocycles. The van der Waals surface area contributed by atoms with Gasteiger partial charge in [-0.2, -0.15) is 0 Å². The number of hydrogen-bond acceptors (Lipinski definition) is 3. The van der Waals surface area contributed by atoms with Crippen molar-refractivity contribution in [2.45, 2.75) is 57.5 Å². The Morgan fingerprint density at radius 3 is 2.58 bits per heavy atom. The second kappa shape index (κ2) is 8.52. The first-order valence-corrected chi connectivity index (χ1v) is 9.42. The predicted molar refractivity (Wildman–Crippen MR) is 98.5 cm³/mol. The molecule has 1 atom stereocenters. The molecule has 2 fully saturated rings. The average molecular weight is 330 g/mol. The quantitative estimate of drug-likeness (QED) is 0.879. The van der Waals surface area contributed by atoms with Gasteiger partial charge >= 0.3 is 0 Å². The molecule has 1 aromatic rings. The molecule has 132 valence electrons. The normalized spacial score (nSPS) is 22.4. The second-order valence-electron chi connectivity index (χ2n) is 7.25. The number of carbonyl (C=O) groups excluding carboxylic acids is 1. The lowest BCUT2D eigenvalue weighted by atomic mass is 9.87. The van der Waals surface area contributed by atoms with Crippen LogP contribution in [0.25, 0.3) is 0 Å². The summed E-state index contributed by atoms with van der Waals surface area (Å²) < 4.78 is 5.49. The minimum Gasteiger partial charge on any atom is -0.380 e. The lowest BCUT2D eigenvalue weighted by Crippen LogP contribution is -2.39. The van der Waals surface area contributed by atoms with Crippen molar-refractivity contribution in [1.29, 1.82) is 0 Å². The van der Waals surface area contributed by atoms with Gasteiger partial charge < -0.3 is 15.0 Å². The van der Waals surface area contributed by atoms with E-state index in [0.29, 0.717) is 18.4 Å². The summed E-state index contributed by atoms with van der Waals surface area (Å²) in [5.74, 6) is 0.740. The molecule has 1 saturated heterocycles. The molecule has 1 aromatic carbocycles. The highest BCUT2D eigenvalue weighted by atomic mass is 16.5. The van der Waals surface area contributed by atoms with Crippen molar-refractivity contribution in [3.8, 4) is 0 Å². The molecule has 1 unspecified atom stereocenters. The van der Waals surface area contributed by atoms with Gasteiger partial charge in [-0.15, -0.1) is 0 Å². The monoisotopic (exact) mass is 330 g/mol. The van der Waals surface area contributed by atoms with Crippen LogP contribution in [0.4, 0.5) is 11.4 Å². The van der Waals surface area contributed by atoms with E-state index in [-0.39, 0.29) is 5.91 Å². The molecule has 0 radical (unpaired) electrons. The Morgan fingerprint density at radius 1 is 1.12 bits per heavy atom. The smallest absolute Gasteiger partial charge is 0.224 e. The van der Waals surface area contributed by atoms with Crippen LogP contribution >= 0.6 is 0 Å². The standard InChI is InChI=1S/C20H30N2O2/c1-24-19-8-5-13-22(15-19)18-11-9-17(10-12-18)21-20(23)14-16-6-3-2-4-7-16/h9-12,16,19H,2-8,13-15H2,1H3,(H,21,23). The van der Waals surface area contributed by atoms with Crippen LogP contribution in [-0.2, 0) is 9.53 Å². The van der Waals surface area contributed by atoms with Gasteiger partial charge in [0.1, 0.15) is 0 Å². The maximum Gasteiger partial charge on any atom is 0.224 e. The van der Waals surface area contributed by atoms with E-state index >= 15 is 0 Å². The van der Waals surface area contributed by atoms with Gasteiger partial charge in [-0.25, -0.2) is 0 Å². The van der Waals surface area contributed by atoms with E-state index in [1.807, 2.05) is 12.1 Å². The molecule has 3 rings (SSSR count). The summed E-state index contributed by atoms with van der Waals surface area (Å²) in [5, 5.41) is 3.06. The molecule has 24 heavy (non-hydrogen) atoms. The summed E-state index contributed by atoms with van der Waals surface area (Å²) in [6.07, 6.45) is 9.62. The van der Waals surface area contributed by atoms with Gasteiger partial charge in [-0.05, 0) is 55.9 Å². The van der Waals surface area contributed by atoms with Gasteiger partial charge in [0.15, 0.2) is 0 Å². The maximum absolute atomic E-state index is 12.2. The molecule has 0 bridgehead atoms. The zero-order valence-corrected chi connectivity index (χ0v) is 14.8. The fourth-order valence-corrected chi connectivity index (χ4v) is 3.99. The first-order valence-electron chi connectivity index (χ1n) is 9.42. The largest absolute Gasteiger partial charge is 0.380 e. The number of methoxy groups -OCH3 is 1. The Labute approximate surface area is 145 Å². The highest BCUT2D eigenvalue weighted by Crippen LogP contribution is 2.27. The van der Waals surface area contributed by atoms with Crippen molar-refractivity contribution >= 4 is 17.3 Å². The van der Waals surface area contributed by atoms with Gasteiger partial charge in [0, 0.05) is 38.0 Å². The van der Waals surface area contributed by atoms with E-state index in [1.165, 1.54) is 44.2 Å². The lowest BCUT2D eigenvalue weighted by molar-refractivity contribution is -0.117. The van der Waals surface area contributed by atoms with Gasteiger partial charge in [-0.3, -0.25) is 4.79 Å². The highest BCUT2D eigenvalue weighted by Gasteiger charge is 2.20. The van der Waals surface area contributed by atoms with Crippen LogP contribution in [0.2, 0.25) is 0 Å². The first-order chi connectivity index (χ1) is 11.7. The summed E-state index contributed by atoms with van der Waals surface area (Å²) in [4.78, 5) is 14.6. The van der Waals surface area contributed by atoms with Crippen molar-refractivity contribution in [2.75, 3.05) is 30.4 Å². The maximum atomic E-state index is 12.2. The van der Waals surface area contributed by atoms with Crippen LogP contribution < -0.4 is 10.2 Å². The van der Waals surface area contributed by atoms with Crippen molar-refractivity contribution in [2.24, 2.45) is 5.92 Å². The summed E-state index contributed by atoms with van der Waals surface area (Å²) in [7, 11) is 1.79.